The van der Waals surface area contributed by atoms with Gasteiger partial charge in [0.2, 0.25) is 0 Å². The number of non-ortho nitro benzene ring substituents is 1. The van der Waals surface area contributed by atoms with Gasteiger partial charge in [-0.1, -0.05) is 0 Å². The molecule has 2 aromatic rings. The van der Waals surface area contributed by atoms with Crippen LogP contribution in [0.5, 0.6) is 0 Å². The number of nitrogens with two attached hydrogens (primary N) is 1. The summed E-state index contributed by atoms with van der Waals surface area (Å²) in [5.41, 5.74) is 4.37. The summed E-state index contributed by atoms with van der Waals surface area (Å²) in [5.74, 6) is -3.64. The summed E-state index contributed by atoms with van der Waals surface area (Å²) in [6.45, 7) is -0.823. The van der Waals surface area contributed by atoms with E-state index in [1.165, 1.54) is 0 Å². The Labute approximate surface area is 139 Å². The first-order chi connectivity index (χ1) is 11.8. The number of benzene rings is 2. The van der Waals surface area contributed by atoms with Crippen molar-refractivity contribution in [2.45, 2.75) is 0 Å². The van der Waals surface area contributed by atoms with E-state index in [2.05, 4.69) is 4.74 Å². The minimum absolute atomic E-state index is 0.0767. The minimum atomic E-state index is -1.07. The van der Waals surface area contributed by atoms with E-state index in [0.29, 0.717) is 0 Å². The molecule has 2 rings (SSSR count). The first-order valence-electron chi connectivity index (χ1n) is 6.74. The van der Waals surface area contributed by atoms with Crippen molar-refractivity contribution in [3.63, 3.8) is 0 Å². The highest BCUT2D eigenvalue weighted by Gasteiger charge is 2.18. The monoisotopic (exact) mass is 351 g/mol. The average Bonchev–Trinajstić information content (AvgIpc) is 2.56. The van der Waals surface area contributed by atoms with Crippen molar-refractivity contribution in [1.82, 2.24) is 0 Å². The summed E-state index contributed by atoms with van der Waals surface area (Å²) >= 11 is 0. The molecule has 0 unspecified atom stereocenters. The zero-order valence-electron chi connectivity index (χ0n) is 12.5. The van der Waals surface area contributed by atoms with Crippen LogP contribution in [0.15, 0.2) is 36.4 Å². The molecule has 0 fully saturated rings. The number of carbonyl (C=O) groups excluding carboxylic acids is 2. The van der Waals surface area contributed by atoms with Crippen molar-refractivity contribution in [2.24, 2.45) is 0 Å². The van der Waals surface area contributed by atoms with Crippen molar-refractivity contribution in [3.05, 3.63) is 63.7 Å². The third kappa shape index (κ3) is 4.47. The molecular weight excluding hydrogens is 340 g/mol. The molecule has 0 aliphatic heterocycles. The average molecular weight is 351 g/mol. The van der Waals surface area contributed by atoms with Gasteiger partial charge in [0.15, 0.2) is 6.61 Å². The van der Waals surface area contributed by atoms with Gasteiger partial charge in [-0.25, -0.2) is 13.6 Å². The van der Waals surface area contributed by atoms with Gasteiger partial charge in [-0.2, -0.15) is 0 Å². The largest absolute Gasteiger partial charge is 0.452 e. The van der Waals surface area contributed by atoms with Crippen molar-refractivity contribution in [2.75, 3.05) is 17.7 Å². The highest BCUT2D eigenvalue weighted by atomic mass is 19.1. The predicted molar refractivity (Wildman–Crippen MR) is 82.8 cm³/mol. The fourth-order valence-electron chi connectivity index (χ4n) is 1.82. The van der Waals surface area contributed by atoms with E-state index < -0.39 is 40.7 Å². The quantitative estimate of drug-likeness (QED) is 0.368. The molecule has 10 heteroatoms. The maximum Gasteiger partial charge on any atom is 0.341 e. The number of nitrogens with one attached hydrogen (secondary N) is 1. The lowest BCUT2D eigenvalue weighted by Crippen LogP contribution is -2.22. The summed E-state index contributed by atoms with van der Waals surface area (Å²) in [5, 5.41) is 12.7. The Kier molecular flexibility index (Phi) is 5.22. The number of carbonyl (C=O) groups is 2. The van der Waals surface area contributed by atoms with E-state index >= 15 is 0 Å². The van der Waals surface area contributed by atoms with Gasteiger partial charge >= 0.3 is 5.97 Å². The second-order valence-electron chi connectivity index (χ2n) is 4.78. The summed E-state index contributed by atoms with van der Waals surface area (Å²) < 4.78 is 31.1. The van der Waals surface area contributed by atoms with Gasteiger partial charge in [0.25, 0.3) is 11.6 Å². The summed E-state index contributed by atoms with van der Waals surface area (Å²) in [7, 11) is 0. The van der Waals surface area contributed by atoms with Gasteiger partial charge < -0.3 is 15.8 Å². The number of halogens is 2. The Morgan fingerprint density at radius 2 is 1.92 bits per heavy atom. The molecule has 2 aromatic carbocycles. The van der Waals surface area contributed by atoms with E-state index in [1.54, 1.807) is 0 Å². The van der Waals surface area contributed by atoms with Gasteiger partial charge in [0.1, 0.15) is 11.6 Å². The van der Waals surface area contributed by atoms with Gasteiger partial charge in [0, 0.05) is 23.9 Å². The number of nitrogen functional groups attached to an aromatic ring is 1. The highest BCUT2D eigenvalue weighted by Crippen LogP contribution is 2.20. The van der Waals surface area contributed by atoms with Crippen LogP contribution in [0.25, 0.3) is 0 Å². The molecule has 0 atom stereocenters. The van der Waals surface area contributed by atoms with Crippen LogP contribution in [0.1, 0.15) is 10.4 Å². The maximum atomic E-state index is 13.4. The lowest BCUT2D eigenvalue weighted by molar-refractivity contribution is -0.384. The zero-order chi connectivity index (χ0) is 18.6. The van der Waals surface area contributed by atoms with Crippen LogP contribution in [0.4, 0.5) is 25.8 Å². The molecule has 0 aliphatic carbocycles. The lowest BCUT2D eigenvalue weighted by atomic mass is 10.1. The molecule has 8 nitrogen and oxygen atoms in total. The first kappa shape index (κ1) is 17.8. The molecule has 0 heterocycles. The number of esters is 1. The lowest BCUT2D eigenvalue weighted by Gasteiger charge is -2.08. The van der Waals surface area contributed by atoms with E-state index in [0.717, 1.165) is 36.4 Å². The van der Waals surface area contributed by atoms with Crippen LogP contribution in [-0.4, -0.2) is 23.4 Å². The topological polar surface area (TPSA) is 125 Å². The molecule has 130 valence electrons. The van der Waals surface area contributed by atoms with Crippen LogP contribution < -0.4 is 11.1 Å². The summed E-state index contributed by atoms with van der Waals surface area (Å²) in [6, 6.07) is 5.61. The SMILES string of the molecule is Nc1ccc([N+](=O)[O-])cc1C(=O)OCC(=O)Nc1cc(F)ccc1F. The van der Waals surface area contributed by atoms with Gasteiger partial charge in [-0.15, -0.1) is 0 Å². The number of hydrogen-bond acceptors (Lipinski definition) is 6. The third-order valence-electron chi connectivity index (χ3n) is 3.00. The standard InChI is InChI=1S/C15H11F2N3O5/c16-8-1-3-11(17)13(5-8)19-14(21)7-25-15(22)10-6-9(20(23)24)2-4-12(10)18/h1-6H,7,18H2,(H,19,21). The molecule has 0 saturated heterocycles. The summed E-state index contributed by atoms with van der Waals surface area (Å²) in [4.78, 5) is 33.5. The van der Waals surface area contributed by atoms with E-state index in [1.807, 2.05) is 5.32 Å². The number of rotatable bonds is 5. The Balaban J connectivity index is 2.02. The zero-order valence-corrected chi connectivity index (χ0v) is 12.5. The van der Waals surface area contributed by atoms with Crippen LogP contribution in [-0.2, 0) is 9.53 Å². The molecule has 0 bridgehead atoms. The molecule has 0 radical (unpaired) electrons. The highest BCUT2D eigenvalue weighted by molar-refractivity contribution is 5.98. The Morgan fingerprint density at radius 1 is 1.20 bits per heavy atom. The molecule has 0 saturated carbocycles. The second-order valence-corrected chi connectivity index (χ2v) is 4.78. The van der Waals surface area contributed by atoms with Gasteiger partial charge in [-0.3, -0.25) is 14.9 Å². The number of hydrogen-bond donors (Lipinski definition) is 2. The molecule has 1 amide bonds. The number of nitrogens with zero attached hydrogens (tertiary/aromatic N) is 1. The fraction of sp³-hybridized carbons (Fsp3) is 0.0667. The minimum Gasteiger partial charge on any atom is -0.452 e. The van der Waals surface area contributed by atoms with Crippen LogP contribution in [0.3, 0.4) is 0 Å². The molecule has 0 spiro atoms. The van der Waals surface area contributed by atoms with E-state index in [4.69, 9.17) is 5.73 Å². The van der Waals surface area contributed by atoms with Crippen molar-refractivity contribution in [1.29, 1.82) is 0 Å². The molecule has 3 N–H and O–H groups in total. The van der Waals surface area contributed by atoms with Crippen LogP contribution >= 0.6 is 0 Å². The number of amides is 1. The normalized spacial score (nSPS) is 10.2. The molecule has 25 heavy (non-hydrogen) atoms. The molecule has 0 aromatic heterocycles. The third-order valence-corrected chi connectivity index (χ3v) is 3.00. The van der Waals surface area contributed by atoms with E-state index in [9.17, 15) is 28.5 Å². The number of ether oxygens (including phenoxy) is 1. The Hall–Kier alpha value is -3.56. The molecular formula is C15H11F2N3O5. The molecule has 0 aliphatic rings. The van der Waals surface area contributed by atoms with Crippen molar-refractivity contribution >= 4 is 28.9 Å². The smallest absolute Gasteiger partial charge is 0.341 e. The van der Waals surface area contributed by atoms with Gasteiger partial charge in [0.05, 0.1) is 16.2 Å². The first-order valence-corrected chi connectivity index (χ1v) is 6.74. The summed E-state index contributed by atoms with van der Waals surface area (Å²) in [6.07, 6.45) is 0. The van der Waals surface area contributed by atoms with E-state index in [-0.39, 0.29) is 16.9 Å². The van der Waals surface area contributed by atoms with Gasteiger partial charge in [-0.05, 0) is 18.2 Å². The predicted octanol–water partition coefficient (Wildman–Crippen LogP) is 2.25. The number of anilines is 2. The fourth-order valence-corrected chi connectivity index (χ4v) is 1.82. The second kappa shape index (κ2) is 7.34. The Bertz CT molecular complexity index is 857. The van der Waals surface area contributed by atoms with Crippen LogP contribution in [0, 0.1) is 21.7 Å². The maximum absolute atomic E-state index is 13.4. The van der Waals surface area contributed by atoms with Crippen molar-refractivity contribution in [3.8, 4) is 0 Å². The number of nitro groups is 1. The van der Waals surface area contributed by atoms with Crippen LogP contribution in [0.2, 0.25) is 0 Å². The van der Waals surface area contributed by atoms with Crippen molar-refractivity contribution < 1.29 is 28.0 Å². The Morgan fingerprint density at radius 3 is 2.60 bits per heavy atom. The number of nitro benzene ring substituents is 1.